The van der Waals surface area contributed by atoms with Crippen LogP contribution in [0.4, 0.5) is 0 Å². The van der Waals surface area contributed by atoms with Crippen molar-refractivity contribution >= 4 is 22.2 Å². The average Bonchev–Trinajstić information content (AvgIpc) is 2.95. The van der Waals surface area contributed by atoms with Gasteiger partial charge < -0.3 is 5.32 Å². The zero-order valence-corrected chi connectivity index (χ0v) is 12.8. The van der Waals surface area contributed by atoms with E-state index in [2.05, 4.69) is 15.4 Å². The first kappa shape index (κ1) is 13.8. The average molecular weight is 300 g/mol. The van der Waals surface area contributed by atoms with Gasteiger partial charge in [-0.05, 0) is 25.5 Å². The maximum Gasteiger partial charge on any atom is 0.251 e. The Hall–Kier alpha value is -2.21. The number of amides is 1. The third-order valence-corrected chi connectivity index (χ3v) is 4.20. The van der Waals surface area contributed by atoms with E-state index in [1.165, 1.54) is 0 Å². The lowest BCUT2D eigenvalue weighted by molar-refractivity contribution is 0.0953. The highest BCUT2D eigenvalue weighted by Gasteiger charge is 2.09. The number of nitrogens with zero attached hydrogens (tertiary/aromatic N) is 3. The van der Waals surface area contributed by atoms with Crippen LogP contribution in [-0.2, 0) is 6.42 Å². The number of carbonyl (C=O) groups excluding carboxylic acids is 1. The summed E-state index contributed by atoms with van der Waals surface area (Å²) in [6.07, 6.45) is 2.62. The molecule has 0 aliphatic rings. The van der Waals surface area contributed by atoms with Crippen molar-refractivity contribution in [2.24, 2.45) is 0 Å². The van der Waals surface area contributed by atoms with E-state index in [1.807, 2.05) is 44.3 Å². The highest BCUT2D eigenvalue weighted by Crippen LogP contribution is 2.14. The summed E-state index contributed by atoms with van der Waals surface area (Å²) in [7, 11) is 0. The van der Waals surface area contributed by atoms with Crippen LogP contribution >= 0.6 is 11.3 Å². The fourth-order valence-electron chi connectivity index (χ4n) is 2.16. The normalized spacial score (nSPS) is 11.0. The molecule has 0 aliphatic carbocycles. The van der Waals surface area contributed by atoms with Crippen LogP contribution < -0.4 is 5.32 Å². The molecule has 108 valence electrons. The van der Waals surface area contributed by atoms with Gasteiger partial charge in [-0.25, -0.2) is 9.50 Å². The molecule has 2 heterocycles. The Morgan fingerprint density at radius 1 is 1.33 bits per heavy atom. The maximum absolute atomic E-state index is 12.1. The molecule has 5 nitrogen and oxygen atoms in total. The molecule has 1 aromatic carbocycles. The minimum absolute atomic E-state index is 0.0368. The largest absolute Gasteiger partial charge is 0.352 e. The highest BCUT2D eigenvalue weighted by atomic mass is 32.1. The van der Waals surface area contributed by atoms with Crippen molar-refractivity contribution in [1.29, 1.82) is 0 Å². The van der Waals surface area contributed by atoms with Crippen molar-refractivity contribution in [1.82, 2.24) is 19.9 Å². The van der Waals surface area contributed by atoms with Crippen LogP contribution in [0.15, 0.2) is 30.5 Å². The van der Waals surface area contributed by atoms with Crippen LogP contribution in [0.2, 0.25) is 0 Å². The summed E-state index contributed by atoms with van der Waals surface area (Å²) in [6, 6.07) is 7.58. The van der Waals surface area contributed by atoms with Crippen LogP contribution in [0.5, 0.6) is 0 Å². The number of fused-ring (bicyclic) bond motifs is 1. The summed E-state index contributed by atoms with van der Waals surface area (Å²) in [5, 5.41) is 8.35. The van der Waals surface area contributed by atoms with Gasteiger partial charge in [0.25, 0.3) is 5.91 Å². The molecule has 6 heteroatoms. The molecule has 3 rings (SSSR count). The molecule has 1 N–H and O–H groups in total. The van der Waals surface area contributed by atoms with Gasteiger partial charge in [0.1, 0.15) is 5.01 Å². The second-order valence-corrected chi connectivity index (χ2v) is 5.97. The molecule has 0 aliphatic heterocycles. The SMILES string of the molecule is Cc1cn2nc(CCNC(=O)c3ccccc3C)sc2n1. The Morgan fingerprint density at radius 3 is 2.90 bits per heavy atom. The lowest BCUT2D eigenvalue weighted by Gasteiger charge is -2.06. The van der Waals surface area contributed by atoms with Crippen molar-refractivity contribution in [3.05, 3.63) is 52.3 Å². The maximum atomic E-state index is 12.1. The molecule has 1 amide bonds. The molecule has 2 aromatic heterocycles. The van der Waals surface area contributed by atoms with E-state index in [9.17, 15) is 4.79 Å². The number of imidazole rings is 1. The first-order valence-corrected chi connectivity index (χ1v) is 7.60. The van der Waals surface area contributed by atoms with E-state index < -0.39 is 0 Å². The van der Waals surface area contributed by atoms with Crippen LogP contribution in [-0.4, -0.2) is 27.0 Å². The first-order chi connectivity index (χ1) is 10.1. The fourth-order valence-corrected chi connectivity index (χ4v) is 3.08. The summed E-state index contributed by atoms with van der Waals surface area (Å²) in [5.41, 5.74) is 2.67. The van der Waals surface area contributed by atoms with E-state index in [0.717, 1.165) is 26.8 Å². The number of aromatic nitrogens is 3. The number of nitrogens with one attached hydrogen (secondary N) is 1. The molecular formula is C15H16N4OS. The molecule has 0 fully saturated rings. The number of carbonyl (C=O) groups is 1. The van der Waals surface area contributed by atoms with Gasteiger partial charge in [-0.3, -0.25) is 4.79 Å². The van der Waals surface area contributed by atoms with Crippen molar-refractivity contribution in [2.45, 2.75) is 20.3 Å². The minimum atomic E-state index is -0.0368. The van der Waals surface area contributed by atoms with Gasteiger partial charge in [0, 0.05) is 18.5 Å². The lowest BCUT2D eigenvalue weighted by Crippen LogP contribution is -2.26. The summed E-state index contributed by atoms with van der Waals surface area (Å²) < 4.78 is 1.79. The molecule has 0 saturated carbocycles. The Balaban J connectivity index is 1.59. The first-order valence-electron chi connectivity index (χ1n) is 6.79. The van der Waals surface area contributed by atoms with Crippen LogP contribution in [0.3, 0.4) is 0 Å². The molecule has 0 unspecified atom stereocenters. The van der Waals surface area contributed by atoms with Crippen molar-refractivity contribution < 1.29 is 4.79 Å². The van der Waals surface area contributed by atoms with Crippen molar-refractivity contribution in [2.75, 3.05) is 6.54 Å². The topological polar surface area (TPSA) is 59.3 Å². The van der Waals surface area contributed by atoms with E-state index >= 15 is 0 Å². The van der Waals surface area contributed by atoms with Crippen LogP contribution in [0.25, 0.3) is 4.96 Å². The summed E-state index contributed by atoms with van der Waals surface area (Å²) in [4.78, 5) is 17.3. The zero-order valence-electron chi connectivity index (χ0n) is 12.0. The molecule has 0 bridgehead atoms. The van der Waals surface area contributed by atoms with Gasteiger partial charge in [-0.15, -0.1) is 0 Å². The van der Waals surface area contributed by atoms with Crippen LogP contribution in [0, 0.1) is 13.8 Å². The summed E-state index contributed by atoms with van der Waals surface area (Å²) in [5.74, 6) is -0.0368. The number of benzene rings is 1. The second-order valence-electron chi connectivity index (χ2n) is 4.93. The molecule has 0 saturated heterocycles. The van der Waals surface area contributed by atoms with Gasteiger partial charge in [-0.1, -0.05) is 29.5 Å². The monoisotopic (exact) mass is 300 g/mol. The van der Waals surface area contributed by atoms with Gasteiger partial charge in [0.2, 0.25) is 4.96 Å². The Bertz CT molecular complexity index is 758. The molecule has 3 aromatic rings. The van der Waals surface area contributed by atoms with E-state index in [1.54, 1.807) is 15.9 Å². The fraction of sp³-hybridized carbons (Fsp3) is 0.267. The Morgan fingerprint density at radius 2 is 2.14 bits per heavy atom. The third-order valence-electron chi connectivity index (χ3n) is 3.22. The predicted octanol–water partition coefficient (Wildman–Crippen LogP) is 2.38. The molecule has 0 atom stereocenters. The second kappa shape index (κ2) is 5.65. The van der Waals surface area contributed by atoms with E-state index in [-0.39, 0.29) is 5.91 Å². The number of aryl methyl sites for hydroxylation is 2. The number of hydrogen-bond donors (Lipinski definition) is 1. The van der Waals surface area contributed by atoms with Gasteiger partial charge in [0.05, 0.1) is 11.9 Å². The van der Waals surface area contributed by atoms with Gasteiger partial charge in [-0.2, -0.15) is 5.10 Å². The van der Waals surface area contributed by atoms with E-state index in [4.69, 9.17) is 0 Å². The van der Waals surface area contributed by atoms with Crippen molar-refractivity contribution in [3.8, 4) is 0 Å². The Kier molecular flexibility index (Phi) is 3.70. The highest BCUT2D eigenvalue weighted by molar-refractivity contribution is 7.16. The number of rotatable bonds is 4. The molecular weight excluding hydrogens is 284 g/mol. The lowest BCUT2D eigenvalue weighted by atomic mass is 10.1. The van der Waals surface area contributed by atoms with Gasteiger partial charge >= 0.3 is 0 Å². The molecule has 21 heavy (non-hydrogen) atoms. The van der Waals surface area contributed by atoms with Crippen molar-refractivity contribution in [3.63, 3.8) is 0 Å². The standard InChI is InChI=1S/C15H16N4OS/c1-10-5-3-4-6-12(10)14(20)16-8-7-13-18-19-9-11(2)17-15(19)21-13/h3-6,9H,7-8H2,1-2H3,(H,16,20). The Labute approximate surface area is 126 Å². The summed E-state index contributed by atoms with van der Waals surface area (Å²) >= 11 is 1.56. The third kappa shape index (κ3) is 2.95. The number of hydrogen-bond acceptors (Lipinski definition) is 4. The van der Waals surface area contributed by atoms with E-state index in [0.29, 0.717) is 13.0 Å². The smallest absolute Gasteiger partial charge is 0.251 e. The predicted molar refractivity (Wildman–Crippen MR) is 82.8 cm³/mol. The van der Waals surface area contributed by atoms with Gasteiger partial charge in [0.15, 0.2) is 0 Å². The molecule has 0 spiro atoms. The molecule has 0 radical (unpaired) electrons. The zero-order chi connectivity index (χ0) is 14.8. The summed E-state index contributed by atoms with van der Waals surface area (Å²) in [6.45, 7) is 4.46. The minimum Gasteiger partial charge on any atom is -0.352 e. The van der Waals surface area contributed by atoms with Crippen LogP contribution in [0.1, 0.15) is 26.6 Å². The quantitative estimate of drug-likeness (QED) is 0.805.